The van der Waals surface area contributed by atoms with Crippen LogP contribution in [0.5, 0.6) is 0 Å². The first-order chi connectivity index (χ1) is 11.6. The second-order valence-corrected chi connectivity index (χ2v) is 13.8. The van der Waals surface area contributed by atoms with Crippen molar-refractivity contribution in [1.82, 2.24) is 9.55 Å². The minimum atomic E-state index is -1.75. The van der Waals surface area contributed by atoms with E-state index in [2.05, 4.69) is 43.4 Å². The summed E-state index contributed by atoms with van der Waals surface area (Å²) in [4.78, 5) is 4.10. The summed E-state index contributed by atoms with van der Waals surface area (Å²) < 4.78 is 14.7. The van der Waals surface area contributed by atoms with Gasteiger partial charge in [0.25, 0.3) is 0 Å². The molecule has 25 heavy (non-hydrogen) atoms. The van der Waals surface area contributed by atoms with Gasteiger partial charge in [-0.05, 0) is 43.1 Å². The SMILES string of the molecule is CC(C)(C)[Si](C)(C)OC[C@@H]1CC[C@H](n2ccc3c(Cl)nc(Cl)cc32)O1. The lowest BCUT2D eigenvalue weighted by Crippen LogP contribution is -2.42. The molecule has 0 unspecified atom stereocenters. The highest BCUT2D eigenvalue weighted by atomic mass is 35.5. The number of fused-ring (bicyclic) bond motifs is 1. The summed E-state index contributed by atoms with van der Waals surface area (Å²) >= 11 is 12.3. The van der Waals surface area contributed by atoms with Crippen LogP contribution in [-0.4, -0.2) is 30.6 Å². The Morgan fingerprint density at radius 3 is 2.72 bits per heavy atom. The standard InChI is InChI=1S/C18H26Cl2N2O2Si/c1-18(2,3)25(4,5)23-11-12-6-7-16(24-12)22-9-8-13-14(22)10-15(19)21-17(13)20/h8-10,12,16H,6-7,11H2,1-5H3/t12-,16+/m0/s1. The third-order valence-corrected chi connectivity index (χ3v) is 10.5. The molecule has 0 N–H and O–H groups in total. The maximum absolute atomic E-state index is 6.32. The lowest BCUT2D eigenvalue weighted by Gasteiger charge is -2.36. The second kappa shape index (κ2) is 6.85. The maximum Gasteiger partial charge on any atom is 0.192 e. The molecule has 1 saturated heterocycles. The van der Waals surface area contributed by atoms with Gasteiger partial charge in [-0.3, -0.25) is 0 Å². The van der Waals surface area contributed by atoms with Crippen molar-refractivity contribution in [3.63, 3.8) is 0 Å². The average molecular weight is 401 g/mol. The number of halogens is 2. The minimum Gasteiger partial charge on any atom is -0.414 e. The molecule has 0 spiro atoms. The van der Waals surface area contributed by atoms with E-state index < -0.39 is 8.32 Å². The van der Waals surface area contributed by atoms with Crippen LogP contribution in [0.3, 0.4) is 0 Å². The van der Waals surface area contributed by atoms with Gasteiger partial charge in [0.1, 0.15) is 16.5 Å². The van der Waals surface area contributed by atoms with Crippen LogP contribution in [0.1, 0.15) is 39.8 Å². The molecule has 2 atom stereocenters. The van der Waals surface area contributed by atoms with Crippen molar-refractivity contribution in [3.05, 3.63) is 28.6 Å². The zero-order valence-electron chi connectivity index (χ0n) is 15.5. The van der Waals surface area contributed by atoms with Crippen LogP contribution in [0.25, 0.3) is 10.9 Å². The van der Waals surface area contributed by atoms with Crippen LogP contribution in [0.2, 0.25) is 28.4 Å². The van der Waals surface area contributed by atoms with Crippen molar-refractivity contribution in [1.29, 1.82) is 0 Å². The molecule has 0 aromatic carbocycles. The Kier molecular flexibility index (Phi) is 5.26. The van der Waals surface area contributed by atoms with Crippen molar-refractivity contribution >= 4 is 42.4 Å². The third kappa shape index (κ3) is 3.91. The van der Waals surface area contributed by atoms with Gasteiger partial charge in [0.2, 0.25) is 0 Å². The average Bonchev–Trinajstić information content (AvgIpc) is 3.10. The Morgan fingerprint density at radius 1 is 1.32 bits per heavy atom. The van der Waals surface area contributed by atoms with Crippen LogP contribution in [-0.2, 0) is 9.16 Å². The summed E-state index contributed by atoms with van der Waals surface area (Å²) in [7, 11) is -1.75. The van der Waals surface area contributed by atoms with Crippen molar-refractivity contribution in [2.45, 2.75) is 64.1 Å². The number of pyridine rings is 1. The molecule has 7 heteroatoms. The van der Waals surface area contributed by atoms with E-state index in [0.717, 1.165) is 23.7 Å². The smallest absolute Gasteiger partial charge is 0.192 e. The Labute approximate surface area is 160 Å². The van der Waals surface area contributed by atoms with E-state index in [4.69, 9.17) is 32.4 Å². The number of nitrogens with zero attached hydrogens (tertiary/aromatic N) is 2. The summed E-state index contributed by atoms with van der Waals surface area (Å²) in [5.74, 6) is 0. The van der Waals surface area contributed by atoms with Gasteiger partial charge in [-0.25, -0.2) is 4.98 Å². The van der Waals surface area contributed by atoms with Crippen LogP contribution in [0.15, 0.2) is 18.3 Å². The zero-order valence-corrected chi connectivity index (χ0v) is 18.0. The van der Waals surface area contributed by atoms with E-state index in [-0.39, 0.29) is 17.4 Å². The van der Waals surface area contributed by atoms with Gasteiger partial charge in [0.15, 0.2) is 8.32 Å². The monoisotopic (exact) mass is 400 g/mol. The normalized spacial score (nSPS) is 22.0. The van der Waals surface area contributed by atoms with Crippen LogP contribution in [0, 0.1) is 0 Å². The molecule has 2 aromatic heterocycles. The van der Waals surface area contributed by atoms with E-state index in [1.807, 2.05) is 18.3 Å². The lowest BCUT2D eigenvalue weighted by atomic mass is 10.2. The zero-order chi connectivity index (χ0) is 18.4. The fourth-order valence-corrected chi connectivity index (χ4v) is 4.39. The topological polar surface area (TPSA) is 36.3 Å². The predicted molar refractivity (Wildman–Crippen MR) is 106 cm³/mol. The first-order valence-corrected chi connectivity index (χ1v) is 12.4. The molecule has 2 aromatic rings. The fourth-order valence-electron chi connectivity index (χ4n) is 2.87. The summed E-state index contributed by atoms with van der Waals surface area (Å²) in [6.07, 6.45) is 4.05. The molecule has 0 bridgehead atoms. The van der Waals surface area contributed by atoms with Gasteiger partial charge >= 0.3 is 0 Å². The van der Waals surface area contributed by atoms with Crippen molar-refractivity contribution in [2.24, 2.45) is 0 Å². The van der Waals surface area contributed by atoms with E-state index in [0.29, 0.717) is 16.9 Å². The van der Waals surface area contributed by atoms with E-state index in [1.165, 1.54) is 0 Å². The van der Waals surface area contributed by atoms with Crippen molar-refractivity contribution in [2.75, 3.05) is 6.61 Å². The number of rotatable bonds is 4. The van der Waals surface area contributed by atoms with Crippen LogP contribution < -0.4 is 0 Å². The van der Waals surface area contributed by atoms with E-state index >= 15 is 0 Å². The number of hydrogen-bond donors (Lipinski definition) is 0. The molecule has 3 rings (SSSR count). The van der Waals surface area contributed by atoms with Gasteiger partial charge in [-0.15, -0.1) is 0 Å². The number of aromatic nitrogens is 2. The Morgan fingerprint density at radius 2 is 2.04 bits per heavy atom. The molecule has 3 heterocycles. The lowest BCUT2D eigenvalue weighted by molar-refractivity contribution is -0.0177. The minimum absolute atomic E-state index is 0.0138. The van der Waals surface area contributed by atoms with Crippen LogP contribution in [0.4, 0.5) is 0 Å². The second-order valence-electron chi connectivity index (χ2n) is 8.25. The van der Waals surface area contributed by atoms with Crippen LogP contribution >= 0.6 is 23.2 Å². The van der Waals surface area contributed by atoms with Gasteiger partial charge in [0.05, 0.1) is 18.2 Å². The highest BCUT2D eigenvalue weighted by molar-refractivity contribution is 6.74. The van der Waals surface area contributed by atoms with E-state index in [1.54, 1.807) is 0 Å². The summed E-state index contributed by atoms with van der Waals surface area (Å²) in [5.41, 5.74) is 0.959. The molecule has 0 amide bonds. The fraction of sp³-hybridized carbons (Fsp3) is 0.611. The molecule has 0 saturated carbocycles. The molecule has 1 aliphatic heterocycles. The van der Waals surface area contributed by atoms with Crippen molar-refractivity contribution in [3.8, 4) is 0 Å². The predicted octanol–water partition coefficient (Wildman–Crippen LogP) is 6.04. The Hall–Kier alpha value is -0.593. The molecular formula is C18H26Cl2N2O2Si. The first kappa shape index (κ1) is 19.2. The Balaban J connectivity index is 1.70. The molecule has 1 aliphatic rings. The van der Waals surface area contributed by atoms with Gasteiger partial charge in [0, 0.05) is 11.6 Å². The largest absolute Gasteiger partial charge is 0.414 e. The maximum atomic E-state index is 6.32. The van der Waals surface area contributed by atoms with E-state index in [9.17, 15) is 0 Å². The quantitative estimate of drug-likeness (QED) is 0.463. The first-order valence-electron chi connectivity index (χ1n) is 8.70. The summed E-state index contributed by atoms with van der Waals surface area (Å²) in [5, 5.41) is 1.93. The summed E-state index contributed by atoms with van der Waals surface area (Å²) in [6.45, 7) is 12.0. The third-order valence-electron chi connectivity index (χ3n) is 5.47. The van der Waals surface area contributed by atoms with Gasteiger partial charge < -0.3 is 13.7 Å². The molecule has 138 valence electrons. The van der Waals surface area contributed by atoms with Gasteiger partial charge in [-0.1, -0.05) is 44.0 Å². The highest BCUT2D eigenvalue weighted by Crippen LogP contribution is 2.38. The molecular weight excluding hydrogens is 375 g/mol. The Bertz CT molecular complexity index is 770. The van der Waals surface area contributed by atoms with Crippen molar-refractivity contribution < 1.29 is 9.16 Å². The summed E-state index contributed by atoms with van der Waals surface area (Å²) in [6, 6.07) is 3.80. The number of ether oxygens (including phenoxy) is 1. The molecule has 0 radical (unpaired) electrons. The highest BCUT2D eigenvalue weighted by Gasteiger charge is 2.38. The molecule has 0 aliphatic carbocycles. The number of hydrogen-bond acceptors (Lipinski definition) is 3. The van der Waals surface area contributed by atoms with Gasteiger partial charge in [-0.2, -0.15) is 0 Å². The molecule has 1 fully saturated rings. The molecule has 4 nitrogen and oxygen atoms in total.